The predicted molar refractivity (Wildman–Crippen MR) is 58.3 cm³/mol. The van der Waals surface area contributed by atoms with Crippen LogP contribution in [-0.4, -0.2) is 14.7 Å². The molecule has 0 aromatic rings. The summed E-state index contributed by atoms with van der Waals surface area (Å²) in [5.41, 5.74) is 1.32. The zero-order valence-electron chi connectivity index (χ0n) is 9.18. The Labute approximate surface area is 83.4 Å². The van der Waals surface area contributed by atoms with Gasteiger partial charge in [0.1, 0.15) is 11.0 Å². The van der Waals surface area contributed by atoms with Gasteiger partial charge in [-0.2, -0.15) is 4.40 Å². The van der Waals surface area contributed by atoms with E-state index in [1.54, 1.807) is 0 Å². The Morgan fingerprint density at radius 1 is 1.38 bits per heavy atom. The third-order valence-electron chi connectivity index (χ3n) is 2.62. The van der Waals surface area contributed by atoms with E-state index in [2.05, 4.69) is 11.3 Å². The van der Waals surface area contributed by atoms with E-state index >= 15 is 0 Å². The molecule has 0 heterocycles. The van der Waals surface area contributed by atoms with Crippen molar-refractivity contribution in [3.05, 3.63) is 0 Å². The lowest BCUT2D eigenvalue weighted by Crippen LogP contribution is -2.22. The fraction of sp³-hybridized carbons (Fsp3) is 0.900. The van der Waals surface area contributed by atoms with Crippen LogP contribution in [0.4, 0.5) is 0 Å². The molecule has 3 heteroatoms. The Kier molecular flexibility index (Phi) is 2.68. The summed E-state index contributed by atoms with van der Waals surface area (Å²) < 4.78 is 15.7. The van der Waals surface area contributed by atoms with Gasteiger partial charge in [-0.05, 0) is 40.5 Å². The quantitative estimate of drug-likeness (QED) is 0.632. The van der Waals surface area contributed by atoms with E-state index in [-0.39, 0.29) is 10.2 Å². The smallest absolute Gasteiger partial charge is 0.144 e. The van der Waals surface area contributed by atoms with Crippen molar-refractivity contribution in [3.8, 4) is 0 Å². The van der Waals surface area contributed by atoms with Crippen LogP contribution in [0.5, 0.6) is 0 Å². The fourth-order valence-electron chi connectivity index (χ4n) is 0.921. The summed E-state index contributed by atoms with van der Waals surface area (Å²) in [4.78, 5) is 0. The SMILES string of the molecule is C/C(=N\S(=O)C(C)(C)C)C1(C)CC1. The van der Waals surface area contributed by atoms with Crippen molar-refractivity contribution in [2.45, 2.75) is 52.2 Å². The molecule has 0 aromatic heterocycles. The average molecular weight is 201 g/mol. The van der Waals surface area contributed by atoms with E-state index in [1.165, 1.54) is 12.8 Å². The molecule has 0 amide bonds. The molecule has 0 aliphatic heterocycles. The Hall–Kier alpha value is -0.180. The van der Waals surface area contributed by atoms with Crippen LogP contribution < -0.4 is 0 Å². The molecule has 1 aliphatic rings. The highest BCUT2D eigenvalue weighted by Gasteiger charge is 2.40. The van der Waals surface area contributed by atoms with Gasteiger partial charge in [-0.15, -0.1) is 0 Å². The van der Waals surface area contributed by atoms with Gasteiger partial charge in [-0.1, -0.05) is 6.92 Å². The average Bonchev–Trinajstić information content (AvgIpc) is 2.67. The van der Waals surface area contributed by atoms with Gasteiger partial charge in [0, 0.05) is 11.1 Å². The van der Waals surface area contributed by atoms with Gasteiger partial charge >= 0.3 is 0 Å². The van der Waals surface area contributed by atoms with E-state index in [0.29, 0.717) is 0 Å². The minimum Gasteiger partial charge on any atom is -0.234 e. The second-order valence-corrected chi connectivity index (χ2v) is 7.00. The fourth-order valence-corrected chi connectivity index (χ4v) is 1.66. The van der Waals surface area contributed by atoms with Gasteiger partial charge in [0.25, 0.3) is 0 Å². The van der Waals surface area contributed by atoms with Crippen LogP contribution >= 0.6 is 0 Å². The summed E-state index contributed by atoms with van der Waals surface area (Å²) in [6.45, 7) is 10.0. The summed E-state index contributed by atoms with van der Waals surface area (Å²) in [6.07, 6.45) is 2.40. The van der Waals surface area contributed by atoms with E-state index in [1.807, 2.05) is 27.7 Å². The van der Waals surface area contributed by atoms with Crippen molar-refractivity contribution >= 4 is 16.7 Å². The molecule has 0 spiro atoms. The van der Waals surface area contributed by atoms with E-state index < -0.39 is 11.0 Å². The standard InChI is InChI=1S/C10H19NOS/c1-8(10(5)6-7-10)11-13(12)9(2,3)4/h6-7H2,1-5H3/b11-8+. The van der Waals surface area contributed by atoms with Crippen molar-refractivity contribution < 1.29 is 4.21 Å². The van der Waals surface area contributed by atoms with Gasteiger partial charge in [0.15, 0.2) is 0 Å². The Morgan fingerprint density at radius 3 is 2.15 bits per heavy atom. The molecule has 0 aromatic carbocycles. The van der Waals surface area contributed by atoms with E-state index in [9.17, 15) is 4.21 Å². The minimum absolute atomic E-state index is 0.230. The molecule has 1 aliphatic carbocycles. The third kappa shape index (κ3) is 2.63. The number of rotatable bonds is 2. The molecule has 1 rings (SSSR count). The molecule has 1 fully saturated rings. The third-order valence-corrected chi connectivity index (χ3v) is 4.10. The zero-order valence-corrected chi connectivity index (χ0v) is 9.99. The molecule has 1 unspecified atom stereocenters. The highest BCUT2D eigenvalue weighted by molar-refractivity contribution is 7.85. The van der Waals surface area contributed by atoms with Gasteiger partial charge < -0.3 is 0 Å². The Bertz CT molecular complexity index is 259. The summed E-state index contributed by atoms with van der Waals surface area (Å²) in [6, 6.07) is 0. The molecule has 2 nitrogen and oxygen atoms in total. The van der Waals surface area contributed by atoms with Crippen molar-refractivity contribution in [2.24, 2.45) is 9.81 Å². The highest BCUT2D eigenvalue weighted by Crippen LogP contribution is 2.46. The maximum absolute atomic E-state index is 11.7. The molecule has 76 valence electrons. The first-order valence-electron chi connectivity index (χ1n) is 4.73. The van der Waals surface area contributed by atoms with Crippen molar-refractivity contribution in [1.82, 2.24) is 0 Å². The minimum atomic E-state index is -1.09. The second kappa shape index (κ2) is 3.19. The van der Waals surface area contributed by atoms with Gasteiger partial charge in [-0.3, -0.25) is 0 Å². The monoisotopic (exact) mass is 201 g/mol. The first-order valence-corrected chi connectivity index (χ1v) is 5.84. The van der Waals surface area contributed by atoms with Crippen molar-refractivity contribution in [1.29, 1.82) is 0 Å². The lowest BCUT2D eigenvalue weighted by Gasteiger charge is -2.15. The van der Waals surface area contributed by atoms with E-state index in [0.717, 1.165) is 5.71 Å². The van der Waals surface area contributed by atoms with Crippen LogP contribution in [0.3, 0.4) is 0 Å². The van der Waals surface area contributed by atoms with Crippen molar-refractivity contribution in [2.75, 3.05) is 0 Å². The molecule has 0 radical (unpaired) electrons. The first-order chi connectivity index (χ1) is 5.76. The maximum Gasteiger partial charge on any atom is 0.144 e. The Balaban J connectivity index is 2.71. The first kappa shape index (κ1) is 10.9. The van der Waals surface area contributed by atoms with Crippen LogP contribution in [-0.2, 0) is 11.0 Å². The normalized spacial score (nSPS) is 24.2. The molecular weight excluding hydrogens is 182 g/mol. The number of hydrogen-bond donors (Lipinski definition) is 0. The largest absolute Gasteiger partial charge is 0.234 e. The molecule has 1 saturated carbocycles. The number of hydrogen-bond acceptors (Lipinski definition) is 1. The Morgan fingerprint density at radius 2 is 1.85 bits per heavy atom. The maximum atomic E-state index is 11.7. The van der Waals surface area contributed by atoms with Crippen molar-refractivity contribution in [3.63, 3.8) is 0 Å². The van der Waals surface area contributed by atoms with Gasteiger partial charge in [0.2, 0.25) is 0 Å². The number of nitrogens with zero attached hydrogens (tertiary/aromatic N) is 1. The molecule has 0 bridgehead atoms. The van der Waals surface area contributed by atoms with Crippen LogP contribution in [0, 0.1) is 5.41 Å². The predicted octanol–water partition coefficient (Wildman–Crippen LogP) is 2.71. The lowest BCUT2D eigenvalue weighted by molar-refractivity contribution is 0.649. The van der Waals surface area contributed by atoms with Gasteiger partial charge in [-0.25, -0.2) is 4.21 Å². The molecule has 0 N–H and O–H groups in total. The van der Waals surface area contributed by atoms with Crippen LogP contribution in [0.1, 0.15) is 47.5 Å². The second-order valence-electron chi connectivity index (χ2n) is 5.10. The van der Waals surface area contributed by atoms with E-state index in [4.69, 9.17) is 0 Å². The summed E-state index contributed by atoms with van der Waals surface area (Å²) in [5.74, 6) is 0. The summed E-state index contributed by atoms with van der Waals surface area (Å²) >= 11 is 0. The highest BCUT2D eigenvalue weighted by atomic mass is 32.2. The van der Waals surface area contributed by atoms with Crippen LogP contribution in [0.2, 0.25) is 0 Å². The summed E-state index contributed by atoms with van der Waals surface area (Å²) in [7, 11) is -1.09. The topological polar surface area (TPSA) is 29.4 Å². The molecule has 0 saturated heterocycles. The lowest BCUT2D eigenvalue weighted by atomic mass is 10.1. The molecule has 1 atom stereocenters. The van der Waals surface area contributed by atoms with Crippen LogP contribution in [0.15, 0.2) is 4.40 Å². The molecular formula is C10H19NOS. The van der Waals surface area contributed by atoms with Gasteiger partial charge in [0.05, 0.1) is 4.75 Å². The zero-order chi connectivity index (χ0) is 10.3. The summed E-state index contributed by atoms with van der Waals surface area (Å²) in [5, 5.41) is 0. The van der Waals surface area contributed by atoms with Crippen LogP contribution in [0.25, 0.3) is 0 Å². The molecule has 13 heavy (non-hydrogen) atoms.